The van der Waals surface area contributed by atoms with E-state index in [-0.39, 0.29) is 5.41 Å². The molecule has 12 heteroatoms. The van der Waals surface area contributed by atoms with Gasteiger partial charge in [-0.3, -0.25) is 9.99 Å². The summed E-state index contributed by atoms with van der Waals surface area (Å²) in [7, 11) is 0. The van der Waals surface area contributed by atoms with E-state index in [1.807, 2.05) is 6.07 Å². The third-order valence-electron chi connectivity index (χ3n) is 9.28. The first-order valence-corrected chi connectivity index (χ1v) is 14.0. The quantitative estimate of drug-likeness (QED) is 0.258. The summed E-state index contributed by atoms with van der Waals surface area (Å²) >= 11 is 0. The third-order valence-corrected chi connectivity index (χ3v) is 9.28. The molecule has 1 aliphatic heterocycles. The standard InChI is InChI=1S/C30H28F3N9/c1-16-21(2-3-24(31)38-16)27(23-14-42(41-40-23)30(4-5-30)28(32)33)39-20-6-18(11-34)25-22(7-20)26(19(12-35)13-36-25)37-15-29-8-17(9-29)10-29/h2-3,6-7,13-14,17,27-28,39-41H,4-5,8-10,15H2,1H3,(H,36,37)/t17?,27-,29?/m0/s1. The molecular formula is C30H28F3N9. The summed E-state index contributed by atoms with van der Waals surface area (Å²) in [5.74, 6) is 0.183. The second-order valence-electron chi connectivity index (χ2n) is 12.0. The second kappa shape index (κ2) is 9.50. The molecule has 5 aliphatic rings. The van der Waals surface area contributed by atoms with Gasteiger partial charge in [-0.25, -0.2) is 13.8 Å². The van der Waals surface area contributed by atoms with Crippen LogP contribution in [0.25, 0.3) is 10.9 Å². The fourth-order valence-corrected chi connectivity index (χ4v) is 6.64. The van der Waals surface area contributed by atoms with Crippen LogP contribution in [0.5, 0.6) is 0 Å². The minimum Gasteiger partial charge on any atom is -0.383 e. The number of hydrogen-bond acceptors (Lipinski definition) is 9. The van der Waals surface area contributed by atoms with Gasteiger partial charge < -0.3 is 16.1 Å². The van der Waals surface area contributed by atoms with Gasteiger partial charge in [0.05, 0.1) is 34.1 Å². The van der Waals surface area contributed by atoms with Crippen molar-refractivity contribution in [2.75, 3.05) is 17.2 Å². The molecule has 0 saturated heterocycles. The van der Waals surface area contributed by atoms with Gasteiger partial charge in [0.25, 0.3) is 6.43 Å². The highest BCUT2D eigenvalue weighted by Crippen LogP contribution is 2.64. The number of aromatic nitrogens is 2. The number of rotatable bonds is 9. The number of benzene rings is 1. The van der Waals surface area contributed by atoms with E-state index < -0.39 is 24.0 Å². The number of pyridine rings is 2. The number of hydrazine groups is 2. The molecule has 0 amide bonds. The van der Waals surface area contributed by atoms with Crippen molar-refractivity contribution < 1.29 is 13.2 Å². The molecule has 2 bridgehead atoms. The number of fused-ring (bicyclic) bond motifs is 1. The molecular weight excluding hydrogens is 543 g/mol. The number of anilines is 2. The molecule has 9 nitrogen and oxygen atoms in total. The molecule has 1 aromatic carbocycles. The summed E-state index contributed by atoms with van der Waals surface area (Å²) < 4.78 is 41.7. The topological polar surface area (TPSA) is 125 Å². The molecule has 42 heavy (non-hydrogen) atoms. The third kappa shape index (κ3) is 4.17. The molecule has 3 aromatic rings. The highest BCUT2D eigenvalue weighted by atomic mass is 19.3. The smallest absolute Gasteiger partial charge is 0.262 e. The maximum atomic E-state index is 14.0. The van der Waals surface area contributed by atoms with Crippen LogP contribution in [0.2, 0.25) is 0 Å². The first-order valence-electron chi connectivity index (χ1n) is 14.0. The lowest BCUT2D eigenvalue weighted by Gasteiger charge is -2.62. The second-order valence-corrected chi connectivity index (χ2v) is 12.0. The van der Waals surface area contributed by atoms with Crippen molar-refractivity contribution in [3.05, 3.63) is 70.7 Å². The van der Waals surface area contributed by atoms with Gasteiger partial charge in [0.1, 0.15) is 17.7 Å². The Labute approximate surface area is 240 Å². The number of hydrogen-bond donors (Lipinski definition) is 4. The van der Waals surface area contributed by atoms with Gasteiger partial charge in [0.15, 0.2) is 0 Å². The van der Waals surface area contributed by atoms with Crippen LogP contribution in [0.4, 0.5) is 24.5 Å². The van der Waals surface area contributed by atoms with Crippen molar-refractivity contribution in [3.63, 3.8) is 0 Å². The lowest BCUT2D eigenvalue weighted by atomic mass is 9.44. The van der Waals surface area contributed by atoms with Gasteiger partial charge >= 0.3 is 0 Å². The van der Waals surface area contributed by atoms with Crippen molar-refractivity contribution in [1.82, 2.24) is 25.9 Å². The van der Waals surface area contributed by atoms with E-state index in [9.17, 15) is 23.7 Å². The average Bonchev–Trinajstić information content (AvgIpc) is 3.60. The molecule has 3 heterocycles. The van der Waals surface area contributed by atoms with E-state index in [2.05, 4.69) is 43.7 Å². The SMILES string of the molecule is Cc1nc(F)ccc1[C@H](Nc1cc(C#N)c2ncc(C#N)c(NCC34CC(C3)C4)c2c1)C1=CN(C2(C(F)F)CC2)NN1. The molecule has 2 aromatic heterocycles. The van der Waals surface area contributed by atoms with E-state index in [4.69, 9.17) is 0 Å². The van der Waals surface area contributed by atoms with Gasteiger partial charge in [-0.1, -0.05) is 6.07 Å². The number of nitriles is 2. The van der Waals surface area contributed by atoms with Crippen LogP contribution in [0.15, 0.2) is 42.4 Å². The molecule has 0 radical (unpaired) electrons. The summed E-state index contributed by atoms with van der Waals surface area (Å²) in [4.78, 5) is 8.41. The van der Waals surface area contributed by atoms with Crippen LogP contribution in [-0.2, 0) is 0 Å². The first-order chi connectivity index (χ1) is 20.2. The predicted molar refractivity (Wildman–Crippen MR) is 149 cm³/mol. The van der Waals surface area contributed by atoms with Gasteiger partial charge in [-0.05, 0) is 68.6 Å². The highest BCUT2D eigenvalue weighted by Gasteiger charge is 2.57. The van der Waals surface area contributed by atoms with Crippen LogP contribution in [0, 0.1) is 46.9 Å². The lowest BCUT2D eigenvalue weighted by Crippen LogP contribution is -2.55. The summed E-state index contributed by atoms with van der Waals surface area (Å²) in [6.45, 7) is 2.41. The molecule has 0 unspecified atom stereocenters. The summed E-state index contributed by atoms with van der Waals surface area (Å²) in [5, 5.41) is 28.9. The van der Waals surface area contributed by atoms with Gasteiger partial charge in [0.2, 0.25) is 5.95 Å². The van der Waals surface area contributed by atoms with E-state index >= 15 is 0 Å². The summed E-state index contributed by atoms with van der Waals surface area (Å²) in [5.41, 5.74) is 8.71. The predicted octanol–water partition coefficient (Wildman–Crippen LogP) is 5.15. The van der Waals surface area contributed by atoms with Crippen molar-refractivity contribution in [1.29, 1.82) is 10.5 Å². The molecule has 1 atom stereocenters. The van der Waals surface area contributed by atoms with Gasteiger partial charge in [-0.2, -0.15) is 14.9 Å². The fraction of sp³-hybridized carbons (Fsp3) is 0.400. The number of aryl methyl sites for hydroxylation is 1. The van der Waals surface area contributed by atoms with Crippen LogP contribution in [0.3, 0.4) is 0 Å². The van der Waals surface area contributed by atoms with Crippen molar-refractivity contribution in [2.45, 2.75) is 57.0 Å². The molecule has 214 valence electrons. The monoisotopic (exact) mass is 571 g/mol. The Morgan fingerprint density at radius 2 is 1.90 bits per heavy atom. The zero-order valence-corrected chi connectivity index (χ0v) is 22.8. The van der Waals surface area contributed by atoms with Crippen LogP contribution < -0.4 is 21.6 Å². The minimum atomic E-state index is -2.54. The van der Waals surface area contributed by atoms with Gasteiger partial charge in [-0.15, -0.1) is 5.53 Å². The van der Waals surface area contributed by atoms with Crippen LogP contribution in [0.1, 0.15) is 60.5 Å². The molecule has 4 N–H and O–H groups in total. The zero-order valence-electron chi connectivity index (χ0n) is 22.8. The zero-order chi connectivity index (χ0) is 29.2. The van der Waals surface area contributed by atoms with Crippen LogP contribution >= 0.6 is 0 Å². The van der Waals surface area contributed by atoms with Crippen molar-refractivity contribution >= 4 is 22.3 Å². The Morgan fingerprint density at radius 3 is 2.52 bits per heavy atom. The molecule has 0 spiro atoms. The lowest BCUT2D eigenvalue weighted by molar-refractivity contribution is -0.0929. The Hall–Kier alpha value is -4.55. The van der Waals surface area contributed by atoms with Gasteiger partial charge in [0, 0.05) is 41.3 Å². The number of halogens is 3. The van der Waals surface area contributed by atoms with E-state index in [1.165, 1.54) is 36.5 Å². The van der Waals surface area contributed by atoms with E-state index in [0.29, 0.717) is 63.2 Å². The number of nitrogens with zero attached hydrogens (tertiary/aromatic N) is 5. The normalized spacial score (nSPS) is 23.6. The van der Waals surface area contributed by atoms with E-state index in [1.54, 1.807) is 25.3 Å². The van der Waals surface area contributed by atoms with Crippen molar-refractivity contribution in [3.8, 4) is 12.1 Å². The molecule has 4 aliphatic carbocycles. The Bertz CT molecular complexity index is 1700. The minimum absolute atomic E-state index is 0.274. The van der Waals surface area contributed by atoms with Crippen molar-refractivity contribution in [2.24, 2.45) is 11.3 Å². The molecule has 4 fully saturated rings. The first kappa shape index (κ1) is 26.4. The summed E-state index contributed by atoms with van der Waals surface area (Å²) in [6, 6.07) is 10.1. The Morgan fingerprint density at radius 1 is 1.14 bits per heavy atom. The Balaban J connectivity index is 1.29. The number of nitrogens with one attached hydrogen (secondary N) is 4. The average molecular weight is 572 g/mol. The fourth-order valence-electron chi connectivity index (χ4n) is 6.64. The highest BCUT2D eigenvalue weighted by molar-refractivity contribution is 5.99. The maximum absolute atomic E-state index is 14.0. The van der Waals surface area contributed by atoms with Crippen LogP contribution in [-0.4, -0.2) is 33.5 Å². The Kier molecular flexibility index (Phi) is 5.96. The number of alkyl halides is 2. The summed E-state index contributed by atoms with van der Waals surface area (Å²) in [6.07, 6.45) is 4.80. The van der Waals surface area contributed by atoms with E-state index in [0.717, 1.165) is 12.5 Å². The molecule has 4 saturated carbocycles. The largest absolute Gasteiger partial charge is 0.383 e. The maximum Gasteiger partial charge on any atom is 0.262 e. The molecule has 8 rings (SSSR count).